The van der Waals surface area contributed by atoms with Gasteiger partial charge < -0.3 is 9.64 Å². The number of aromatic nitrogens is 1. The van der Waals surface area contributed by atoms with Crippen LogP contribution in [0.3, 0.4) is 0 Å². The Labute approximate surface area is 153 Å². The van der Waals surface area contributed by atoms with Crippen molar-refractivity contribution < 1.29 is 9.53 Å². The first-order chi connectivity index (χ1) is 12.8. The molecule has 1 heterocycles. The number of amides is 1. The molecule has 0 saturated heterocycles. The van der Waals surface area contributed by atoms with E-state index in [9.17, 15) is 4.79 Å². The van der Waals surface area contributed by atoms with Gasteiger partial charge in [-0.25, -0.2) is 0 Å². The molecule has 0 spiro atoms. The molecule has 2 aromatic carbocycles. The van der Waals surface area contributed by atoms with Crippen LogP contribution in [0.2, 0.25) is 0 Å². The molecule has 26 heavy (non-hydrogen) atoms. The average Bonchev–Trinajstić information content (AvgIpc) is 3.53. The lowest BCUT2D eigenvalue weighted by Gasteiger charge is -2.23. The fourth-order valence-corrected chi connectivity index (χ4v) is 2.86. The van der Waals surface area contributed by atoms with Crippen molar-refractivity contribution in [3.05, 3.63) is 84.7 Å². The van der Waals surface area contributed by atoms with Crippen molar-refractivity contribution in [1.82, 2.24) is 4.98 Å². The molecule has 4 rings (SSSR count). The lowest BCUT2D eigenvalue weighted by molar-refractivity contribution is -0.119. The summed E-state index contributed by atoms with van der Waals surface area (Å²) in [5.41, 5.74) is 1.86. The normalized spacial score (nSPS) is 13.2. The highest BCUT2D eigenvalue weighted by molar-refractivity contribution is 5.96. The second-order valence-electron chi connectivity index (χ2n) is 6.47. The summed E-state index contributed by atoms with van der Waals surface area (Å²) in [6.07, 6.45) is 5.49. The number of rotatable bonds is 6. The number of benzene rings is 2. The molecule has 0 unspecified atom stereocenters. The van der Waals surface area contributed by atoms with Crippen LogP contribution in [0.1, 0.15) is 18.4 Å². The van der Waals surface area contributed by atoms with Crippen molar-refractivity contribution in [2.24, 2.45) is 5.92 Å². The molecular formula is C22H20N2O2. The van der Waals surface area contributed by atoms with Crippen molar-refractivity contribution >= 4 is 11.6 Å². The Morgan fingerprint density at radius 2 is 1.81 bits per heavy atom. The molecule has 4 heteroatoms. The summed E-state index contributed by atoms with van der Waals surface area (Å²) in [6.45, 7) is 0.512. The van der Waals surface area contributed by atoms with E-state index in [-0.39, 0.29) is 11.8 Å². The fourth-order valence-electron chi connectivity index (χ4n) is 2.86. The van der Waals surface area contributed by atoms with E-state index < -0.39 is 0 Å². The van der Waals surface area contributed by atoms with Crippen LogP contribution in [-0.4, -0.2) is 10.9 Å². The van der Waals surface area contributed by atoms with Crippen LogP contribution in [0.15, 0.2) is 79.1 Å². The number of carbonyl (C=O) groups is 1. The van der Waals surface area contributed by atoms with Gasteiger partial charge in [0, 0.05) is 30.1 Å². The van der Waals surface area contributed by atoms with Crippen LogP contribution < -0.4 is 9.64 Å². The van der Waals surface area contributed by atoms with Gasteiger partial charge in [-0.3, -0.25) is 9.78 Å². The first-order valence-corrected chi connectivity index (χ1v) is 8.83. The van der Waals surface area contributed by atoms with Gasteiger partial charge in [0.05, 0.1) is 6.54 Å². The van der Waals surface area contributed by atoms with Gasteiger partial charge in [-0.15, -0.1) is 0 Å². The van der Waals surface area contributed by atoms with Gasteiger partial charge in [-0.1, -0.05) is 30.3 Å². The van der Waals surface area contributed by atoms with Gasteiger partial charge in [-0.05, 0) is 48.7 Å². The summed E-state index contributed by atoms with van der Waals surface area (Å²) >= 11 is 0. The summed E-state index contributed by atoms with van der Waals surface area (Å²) in [6, 6.07) is 21.2. The van der Waals surface area contributed by atoms with E-state index >= 15 is 0 Å². The number of nitrogens with zero attached hydrogens (tertiary/aromatic N) is 2. The zero-order valence-corrected chi connectivity index (χ0v) is 14.4. The predicted molar refractivity (Wildman–Crippen MR) is 101 cm³/mol. The Morgan fingerprint density at radius 1 is 1.00 bits per heavy atom. The molecule has 1 amide bonds. The molecule has 3 aromatic rings. The molecule has 0 atom stereocenters. The average molecular weight is 344 g/mol. The predicted octanol–water partition coefficient (Wildman–Crippen LogP) is 4.82. The quantitative estimate of drug-likeness (QED) is 0.644. The monoisotopic (exact) mass is 344 g/mol. The number of carbonyl (C=O) groups excluding carboxylic acids is 1. The maximum absolute atomic E-state index is 12.8. The van der Waals surface area contributed by atoms with Crippen LogP contribution in [0.5, 0.6) is 11.5 Å². The highest BCUT2D eigenvalue weighted by Gasteiger charge is 2.34. The van der Waals surface area contributed by atoms with E-state index in [1.54, 1.807) is 12.4 Å². The van der Waals surface area contributed by atoms with E-state index in [1.165, 1.54) is 0 Å². The first kappa shape index (κ1) is 16.3. The lowest BCUT2D eigenvalue weighted by Crippen LogP contribution is -2.31. The lowest BCUT2D eigenvalue weighted by atomic mass is 10.2. The van der Waals surface area contributed by atoms with E-state index in [1.807, 2.05) is 71.6 Å². The van der Waals surface area contributed by atoms with Gasteiger partial charge in [0.15, 0.2) is 0 Å². The fraction of sp³-hybridized carbons (Fsp3) is 0.182. The summed E-state index contributed by atoms with van der Waals surface area (Å²) in [5, 5.41) is 0. The Hall–Kier alpha value is -3.14. The van der Waals surface area contributed by atoms with E-state index in [4.69, 9.17) is 4.74 Å². The smallest absolute Gasteiger partial charge is 0.230 e. The minimum absolute atomic E-state index is 0.144. The molecule has 0 aliphatic heterocycles. The van der Waals surface area contributed by atoms with E-state index in [0.29, 0.717) is 12.3 Å². The summed E-state index contributed by atoms with van der Waals surface area (Å²) in [4.78, 5) is 18.8. The first-order valence-electron chi connectivity index (χ1n) is 8.83. The van der Waals surface area contributed by atoms with Crippen molar-refractivity contribution in [3.63, 3.8) is 0 Å². The van der Waals surface area contributed by atoms with Gasteiger partial charge in [0.2, 0.25) is 5.91 Å². The number of hydrogen-bond donors (Lipinski definition) is 0. The third kappa shape index (κ3) is 3.91. The van der Waals surface area contributed by atoms with E-state index in [0.717, 1.165) is 29.8 Å². The van der Waals surface area contributed by atoms with Gasteiger partial charge in [0.1, 0.15) is 11.5 Å². The molecule has 1 saturated carbocycles. The van der Waals surface area contributed by atoms with Crippen LogP contribution in [0.4, 0.5) is 5.69 Å². The second-order valence-corrected chi connectivity index (χ2v) is 6.47. The van der Waals surface area contributed by atoms with Gasteiger partial charge in [-0.2, -0.15) is 0 Å². The topological polar surface area (TPSA) is 42.4 Å². The number of anilines is 1. The molecular weight excluding hydrogens is 324 g/mol. The standard InChI is InChI=1S/C22H20N2O2/c25-22(18-11-12-18)24(16-17-6-5-13-23-15-17)19-7-4-10-21(14-19)26-20-8-2-1-3-9-20/h1-10,13-15,18H,11-12,16H2. The van der Waals surface area contributed by atoms with Gasteiger partial charge >= 0.3 is 0 Å². The van der Waals surface area contributed by atoms with Gasteiger partial charge in [0.25, 0.3) is 0 Å². The highest BCUT2D eigenvalue weighted by atomic mass is 16.5. The molecule has 1 aliphatic carbocycles. The maximum atomic E-state index is 12.8. The number of pyridine rings is 1. The molecule has 4 nitrogen and oxygen atoms in total. The Bertz CT molecular complexity index is 877. The molecule has 0 bridgehead atoms. The number of hydrogen-bond acceptors (Lipinski definition) is 3. The second kappa shape index (κ2) is 7.40. The maximum Gasteiger partial charge on any atom is 0.230 e. The third-order valence-corrected chi connectivity index (χ3v) is 4.36. The number of ether oxygens (including phenoxy) is 1. The van der Waals surface area contributed by atoms with Crippen molar-refractivity contribution in [2.45, 2.75) is 19.4 Å². The molecule has 0 radical (unpaired) electrons. The Balaban J connectivity index is 1.60. The zero-order valence-electron chi connectivity index (χ0n) is 14.4. The molecule has 130 valence electrons. The highest BCUT2D eigenvalue weighted by Crippen LogP contribution is 2.34. The number of para-hydroxylation sites is 1. The third-order valence-electron chi connectivity index (χ3n) is 4.36. The minimum atomic E-state index is 0.144. The summed E-state index contributed by atoms with van der Waals surface area (Å²) in [7, 11) is 0. The zero-order chi connectivity index (χ0) is 17.8. The van der Waals surface area contributed by atoms with Crippen LogP contribution in [0, 0.1) is 5.92 Å². The largest absolute Gasteiger partial charge is 0.457 e. The van der Waals surface area contributed by atoms with Crippen molar-refractivity contribution in [2.75, 3.05) is 4.90 Å². The Kier molecular flexibility index (Phi) is 4.65. The van der Waals surface area contributed by atoms with Crippen molar-refractivity contribution in [3.8, 4) is 11.5 Å². The molecule has 1 aromatic heterocycles. The minimum Gasteiger partial charge on any atom is -0.457 e. The Morgan fingerprint density at radius 3 is 2.54 bits per heavy atom. The van der Waals surface area contributed by atoms with Crippen LogP contribution >= 0.6 is 0 Å². The molecule has 1 fully saturated rings. The molecule has 1 aliphatic rings. The van der Waals surface area contributed by atoms with E-state index in [2.05, 4.69) is 4.98 Å². The molecule has 0 N–H and O–H groups in total. The van der Waals surface area contributed by atoms with Crippen LogP contribution in [0.25, 0.3) is 0 Å². The van der Waals surface area contributed by atoms with Crippen LogP contribution in [-0.2, 0) is 11.3 Å². The summed E-state index contributed by atoms with van der Waals surface area (Å²) in [5.74, 6) is 1.81. The SMILES string of the molecule is O=C(C1CC1)N(Cc1cccnc1)c1cccc(Oc2ccccc2)c1. The summed E-state index contributed by atoms with van der Waals surface area (Å²) < 4.78 is 5.92. The van der Waals surface area contributed by atoms with Crippen molar-refractivity contribution in [1.29, 1.82) is 0 Å².